The highest BCUT2D eigenvalue weighted by Crippen LogP contribution is 2.37. The molecule has 9 heteroatoms. The van der Waals surface area contributed by atoms with Crippen molar-refractivity contribution in [2.75, 3.05) is 7.11 Å². The van der Waals surface area contributed by atoms with E-state index < -0.39 is 30.4 Å². The zero-order valence-electron chi connectivity index (χ0n) is 8.98. The molecule has 1 rings (SSSR count). The predicted octanol–water partition coefficient (Wildman–Crippen LogP) is 1.32. The van der Waals surface area contributed by atoms with E-state index in [9.17, 15) is 23.1 Å². The number of halogens is 3. The van der Waals surface area contributed by atoms with Crippen LogP contribution in [0, 0.1) is 0 Å². The van der Waals surface area contributed by atoms with E-state index in [4.69, 9.17) is 5.11 Å². The molecule has 2 N–H and O–H groups in total. The molecular formula is C9H8F3NO5. The lowest BCUT2D eigenvalue weighted by molar-refractivity contribution is -0.276. The number of pyridine rings is 1. The van der Waals surface area contributed by atoms with Crippen molar-refractivity contribution in [2.24, 2.45) is 0 Å². The maximum Gasteiger partial charge on any atom is 0.574 e. The van der Waals surface area contributed by atoms with E-state index in [1.807, 2.05) is 0 Å². The number of carboxylic acids is 1. The van der Waals surface area contributed by atoms with Crippen LogP contribution < -0.4 is 9.47 Å². The summed E-state index contributed by atoms with van der Waals surface area (Å²) in [6, 6.07) is 1.01. The standard InChI is InChI=1S/C9H8F3NO5/c1-17-5-2-4(3-6(14)15)13-8(7(5)16)18-9(10,11)12/h2,16H,3H2,1H3,(H,14,15). The third-order valence-corrected chi connectivity index (χ3v) is 1.74. The molecule has 0 spiro atoms. The van der Waals surface area contributed by atoms with E-state index in [1.54, 1.807) is 0 Å². The van der Waals surface area contributed by atoms with Crippen LogP contribution in [0.1, 0.15) is 5.69 Å². The minimum absolute atomic E-state index is 0.239. The van der Waals surface area contributed by atoms with Crippen LogP contribution in [0.2, 0.25) is 0 Å². The summed E-state index contributed by atoms with van der Waals surface area (Å²) >= 11 is 0. The molecule has 0 aliphatic carbocycles. The summed E-state index contributed by atoms with van der Waals surface area (Å²) in [5.41, 5.74) is -0.239. The number of ether oxygens (including phenoxy) is 2. The van der Waals surface area contributed by atoms with E-state index in [0.29, 0.717) is 0 Å². The third kappa shape index (κ3) is 3.68. The van der Waals surface area contributed by atoms with E-state index in [1.165, 1.54) is 0 Å². The quantitative estimate of drug-likeness (QED) is 0.855. The maximum atomic E-state index is 12.0. The second-order valence-corrected chi connectivity index (χ2v) is 3.09. The Hall–Kier alpha value is -2.19. The number of methoxy groups -OCH3 is 1. The summed E-state index contributed by atoms with van der Waals surface area (Å²) in [6.07, 6.45) is -5.69. The molecule has 6 nitrogen and oxygen atoms in total. The van der Waals surface area contributed by atoms with Gasteiger partial charge in [0.1, 0.15) is 0 Å². The monoisotopic (exact) mass is 267 g/mol. The Balaban J connectivity index is 3.18. The predicted molar refractivity (Wildman–Crippen MR) is 50.5 cm³/mol. The lowest BCUT2D eigenvalue weighted by Gasteiger charge is -2.12. The van der Waals surface area contributed by atoms with Gasteiger partial charge >= 0.3 is 12.3 Å². The van der Waals surface area contributed by atoms with Crippen LogP contribution in [0.25, 0.3) is 0 Å². The molecule has 100 valence electrons. The Morgan fingerprint density at radius 1 is 1.50 bits per heavy atom. The fraction of sp³-hybridized carbons (Fsp3) is 0.333. The van der Waals surface area contributed by atoms with E-state index >= 15 is 0 Å². The Labute approximate surface area is 98.6 Å². The molecule has 0 aromatic carbocycles. The highest BCUT2D eigenvalue weighted by molar-refractivity contribution is 5.70. The van der Waals surface area contributed by atoms with Gasteiger partial charge in [-0.1, -0.05) is 0 Å². The van der Waals surface area contributed by atoms with Gasteiger partial charge in [-0.3, -0.25) is 4.79 Å². The van der Waals surface area contributed by atoms with Crippen LogP contribution in [-0.4, -0.2) is 34.6 Å². The summed E-state index contributed by atoms with van der Waals surface area (Å²) in [4.78, 5) is 13.7. The van der Waals surface area contributed by atoms with Gasteiger partial charge in [0.15, 0.2) is 5.75 Å². The van der Waals surface area contributed by atoms with Crippen LogP contribution in [0.3, 0.4) is 0 Å². The van der Waals surface area contributed by atoms with Crippen molar-refractivity contribution >= 4 is 5.97 Å². The van der Waals surface area contributed by atoms with Gasteiger partial charge in [0.2, 0.25) is 5.75 Å². The molecule has 1 aromatic rings. The SMILES string of the molecule is COc1cc(CC(=O)O)nc(OC(F)(F)F)c1O. The normalized spacial score (nSPS) is 11.1. The molecule has 0 aliphatic rings. The van der Waals surface area contributed by atoms with Gasteiger partial charge in [-0.2, -0.15) is 0 Å². The van der Waals surface area contributed by atoms with Crippen molar-refractivity contribution in [3.05, 3.63) is 11.8 Å². The number of aliphatic carboxylic acids is 1. The number of rotatable bonds is 4. The first kappa shape index (κ1) is 13.9. The van der Waals surface area contributed by atoms with Gasteiger partial charge < -0.3 is 19.7 Å². The van der Waals surface area contributed by atoms with E-state index in [0.717, 1.165) is 13.2 Å². The molecule has 0 unspecified atom stereocenters. The highest BCUT2D eigenvalue weighted by Gasteiger charge is 2.34. The summed E-state index contributed by atoms with van der Waals surface area (Å²) in [5, 5.41) is 17.9. The van der Waals surface area contributed by atoms with Crippen molar-refractivity contribution in [3.63, 3.8) is 0 Å². The van der Waals surface area contributed by atoms with Crippen molar-refractivity contribution in [1.29, 1.82) is 0 Å². The number of alkyl halides is 3. The van der Waals surface area contributed by atoms with Gasteiger partial charge in [-0.25, -0.2) is 4.98 Å². The molecule has 0 saturated heterocycles. The second-order valence-electron chi connectivity index (χ2n) is 3.09. The van der Waals surface area contributed by atoms with Crippen molar-refractivity contribution < 1.29 is 37.7 Å². The number of hydrogen-bond acceptors (Lipinski definition) is 5. The van der Waals surface area contributed by atoms with Crippen molar-refractivity contribution in [1.82, 2.24) is 4.98 Å². The lowest BCUT2D eigenvalue weighted by Crippen LogP contribution is -2.18. The Morgan fingerprint density at radius 2 is 2.11 bits per heavy atom. The molecule has 0 amide bonds. The van der Waals surface area contributed by atoms with Crippen LogP contribution in [-0.2, 0) is 11.2 Å². The zero-order chi connectivity index (χ0) is 13.9. The first-order valence-corrected chi connectivity index (χ1v) is 4.47. The molecule has 0 bridgehead atoms. The number of nitrogens with zero attached hydrogens (tertiary/aromatic N) is 1. The molecule has 0 saturated carbocycles. The van der Waals surface area contributed by atoms with Crippen LogP contribution in [0.15, 0.2) is 6.07 Å². The molecule has 0 fully saturated rings. The number of hydrogen-bond donors (Lipinski definition) is 2. The molecule has 18 heavy (non-hydrogen) atoms. The third-order valence-electron chi connectivity index (χ3n) is 1.74. The maximum absolute atomic E-state index is 12.0. The molecule has 0 radical (unpaired) electrons. The van der Waals surface area contributed by atoms with E-state index in [-0.39, 0.29) is 11.4 Å². The minimum atomic E-state index is -5.06. The number of aromatic nitrogens is 1. The van der Waals surface area contributed by atoms with Gasteiger partial charge in [0, 0.05) is 6.07 Å². The van der Waals surface area contributed by atoms with E-state index in [2.05, 4.69) is 14.5 Å². The minimum Gasteiger partial charge on any atom is -0.501 e. The van der Waals surface area contributed by atoms with Crippen LogP contribution in [0.4, 0.5) is 13.2 Å². The zero-order valence-corrected chi connectivity index (χ0v) is 8.98. The largest absolute Gasteiger partial charge is 0.574 e. The first-order valence-electron chi connectivity index (χ1n) is 4.47. The number of carbonyl (C=O) groups is 1. The topological polar surface area (TPSA) is 88.9 Å². The van der Waals surface area contributed by atoms with Crippen molar-refractivity contribution in [2.45, 2.75) is 12.8 Å². The summed E-state index contributed by atoms with van der Waals surface area (Å²) < 4.78 is 44.1. The fourth-order valence-corrected chi connectivity index (χ4v) is 1.12. The van der Waals surface area contributed by atoms with Gasteiger partial charge in [-0.15, -0.1) is 13.2 Å². The summed E-state index contributed by atoms with van der Waals surface area (Å²) in [6.45, 7) is 0. The van der Waals surface area contributed by atoms with Gasteiger partial charge in [0.05, 0.1) is 19.2 Å². The molecule has 0 atom stereocenters. The molecular weight excluding hydrogens is 259 g/mol. The molecule has 0 aliphatic heterocycles. The second kappa shape index (κ2) is 4.98. The Morgan fingerprint density at radius 3 is 2.56 bits per heavy atom. The average molecular weight is 267 g/mol. The lowest BCUT2D eigenvalue weighted by atomic mass is 10.2. The Bertz CT molecular complexity index is 460. The van der Waals surface area contributed by atoms with Gasteiger partial charge in [0.25, 0.3) is 5.88 Å². The van der Waals surface area contributed by atoms with Crippen LogP contribution >= 0.6 is 0 Å². The first-order chi connectivity index (χ1) is 8.23. The summed E-state index contributed by atoms with van der Waals surface area (Å²) in [7, 11) is 1.09. The number of carboxylic acid groups (broad SMARTS) is 1. The number of aromatic hydroxyl groups is 1. The summed E-state index contributed by atoms with van der Waals surface area (Å²) in [5.74, 6) is -3.77. The smallest absolute Gasteiger partial charge is 0.501 e. The average Bonchev–Trinajstić information content (AvgIpc) is 2.19. The molecule has 1 aromatic heterocycles. The van der Waals surface area contributed by atoms with Crippen LogP contribution in [0.5, 0.6) is 17.4 Å². The highest BCUT2D eigenvalue weighted by atomic mass is 19.4. The van der Waals surface area contributed by atoms with Crippen molar-refractivity contribution in [3.8, 4) is 17.4 Å². The van der Waals surface area contributed by atoms with Gasteiger partial charge in [-0.05, 0) is 0 Å². The molecule has 1 heterocycles. The fourth-order valence-electron chi connectivity index (χ4n) is 1.12. The Kier molecular flexibility index (Phi) is 3.84.